The SMILES string of the molecule is CCC(NC(=O)CN(c1ccc(Cl)c(C(F)(F)F)c1)S(C)(=O)=O)c1ccc(OC)cc1. The summed E-state index contributed by atoms with van der Waals surface area (Å²) in [5.41, 5.74) is -0.731. The molecule has 0 aliphatic rings. The molecule has 0 spiro atoms. The van der Waals surface area contributed by atoms with Crippen molar-refractivity contribution in [2.75, 3.05) is 24.2 Å². The summed E-state index contributed by atoms with van der Waals surface area (Å²) in [4.78, 5) is 12.6. The van der Waals surface area contributed by atoms with E-state index in [1.54, 1.807) is 24.3 Å². The third-order valence-electron chi connectivity index (χ3n) is 4.49. The molecule has 170 valence electrons. The van der Waals surface area contributed by atoms with Gasteiger partial charge in [0.1, 0.15) is 12.3 Å². The number of hydrogen-bond acceptors (Lipinski definition) is 4. The molecule has 2 aromatic rings. The van der Waals surface area contributed by atoms with E-state index in [0.29, 0.717) is 22.5 Å². The fraction of sp³-hybridized carbons (Fsp3) is 0.350. The lowest BCUT2D eigenvalue weighted by Gasteiger charge is -2.25. The van der Waals surface area contributed by atoms with Crippen LogP contribution in [0.1, 0.15) is 30.5 Å². The van der Waals surface area contributed by atoms with Gasteiger partial charge in [-0.1, -0.05) is 30.7 Å². The average molecular weight is 479 g/mol. The zero-order chi connectivity index (χ0) is 23.4. The fourth-order valence-corrected chi connectivity index (χ4v) is 3.99. The van der Waals surface area contributed by atoms with Crippen molar-refractivity contribution < 1.29 is 31.1 Å². The summed E-state index contributed by atoms with van der Waals surface area (Å²) < 4.78 is 69.7. The van der Waals surface area contributed by atoms with Gasteiger partial charge < -0.3 is 10.1 Å². The number of hydrogen-bond donors (Lipinski definition) is 1. The third kappa shape index (κ3) is 6.51. The summed E-state index contributed by atoms with van der Waals surface area (Å²) in [6.07, 6.45) is -3.46. The zero-order valence-electron chi connectivity index (χ0n) is 17.0. The number of halogens is 4. The Hall–Kier alpha value is -2.46. The highest BCUT2D eigenvalue weighted by Crippen LogP contribution is 2.37. The van der Waals surface area contributed by atoms with Crippen LogP contribution in [-0.4, -0.2) is 34.2 Å². The first kappa shape index (κ1) is 24.8. The number of ether oxygens (including phenoxy) is 1. The van der Waals surface area contributed by atoms with Gasteiger partial charge >= 0.3 is 6.18 Å². The average Bonchev–Trinajstić information content (AvgIpc) is 2.69. The number of alkyl halides is 3. The summed E-state index contributed by atoms with van der Waals surface area (Å²) >= 11 is 5.61. The Morgan fingerprint density at radius 1 is 1.19 bits per heavy atom. The molecule has 0 saturated heterocycles. The molecular weight excluding hydrogens is 457 g/mol. The quantitative estimate of drug-likeness (QED) is 0.610. The maximum absolute atomic E-state index is 13.2. The number of methoxy groups -OCH3 is 1. The molecule has 2 rings (SSSR count). The first-order chi connectivity index (χ1) is 14.4. The molecule has 0 aliphatic carbocycles. The lowest BCUT2D eigenvalue weighted by atomic mass is 10.0. The zero-order valence-corrected chi connectivity index (χ0v) is 18.6. The predicted molar refractivity (Wildman–Crippen MR) is 113 cm³/mol. The van der Waals surface area contributed by atoms with E-state index in [2.05, 4.69) is 5.32 Å². The van der Waals surface area contributed by atoms with Gasteiger partial charge in [0.15, 0.2) is 0 Å². The van der Waals surface area contributed by atoms with Crippen molar-refractivity contribution >= 4 is 33.2 Å². The second-order valence-electron chi connectivity index (χ2n) is 6.73. The molecule has 0 saturated carbocycles. The first-order valence-electron chi connectivity index (χ1n) is 9.14. The van der Waals surface area contributed by atoms with E-state index in [1.165, 1.54) is 7.11 Å². The van der Waals surface area contributed by atoms with Crippen LogP contribution in [0.2, 0.25) is 5.02 Å². The minimum absolute atomic E-state index is 0.313. The Balaban J connectivity index is 2.27. The van der Waals surface area contributed by atoms with Crippen molar-refractivity contribution in [3.8, 4) is 5.75 Å². The van der Waals surface area contributed by atoms with Crippen molar-refractivity contribution in [1.29, 1.82) is 0 Å². The van der Waals surface area contributed by atoms with E-state index in [9.17, 15) is 26.4 Å². The predicted octanol–water partition coefficient (Wildman–Crippen LogP) is 4.40. The number of sulfonamides is 1. The Morgan fingerprint density at radius 3 is 2.29 bits per heavy atom. The van der Waals surface area contributed by atoms with Crippen LogP contribution in [0.5, 0.6) is 5.75 Å². The molecule has 1 atom stereocenters. The topological polar surface area (TPSA) is 75.7 Å². The summed E-state index contributed by atoms with van der Waals surface area (Å²) in [6.45, 7) is 1.14. The van der Waals surface area contributed by atoms with Crippen LogP contribution in [-0.2, 0) is 21.0 Å². The minimum Gasteiger partial charge on any atom is -0.497 e. The highest BCUT2D eigenvalue weighted by Gasteiger charge is 2.34. The Morgan fingerprint density at radius 2 is 1.81 bits per heavy atom. The number of carbonyl (C=O) groups excluding carboxylic acids is 1. The molecule has 0 aromatic heterocycles. The summed E-state index contributed by atoms with van der Waals surface area (Å²) in [5, 5.41) is 2.15. The van der Waals surface area contributed by atoms with Gasteiger partial charge in [-0.2, -0.15) is 13.2 Å². The number of carbonyl (C=O) groups is 1. The van der Waals surface area contributed by atoms with Crippen LogP contribution in [0.3, 0.4) is 0 Å². The maximum Gasteiger partial charge on any atom is 0.417 e. The van der Waals surface area contributed by atoms with E-state index in [4.69, 9.17) is 16.3 Å². The van der Waals surface area contributed by atoms with Gasteiger partial charge in [0, 0.05) is 0 Å². The van der Waals surface area contributed by atoms with Gasteiger partial charge in [0.2, 0.25) is 15.9 Å². The van der Waals surface area contributed by atoms with Crippen LogP contribution in [0.4, 0.5) is 18.9 Å². The van der Waals surface area contributed by atoms with Gasteiger partial charge in [-0.15, -0.1) is 0 Å². The third-order valence-corrected chi connectivity index (χ3v) is 5.96. The normalized spacial score (nSPS) is 12.9. The molecule has 1 amide bonds. The Kier molecular flexibility index (Phi) is 7.82. The fourth-order valence-electron chi connectivity index (χ4n) is 2.91. The van der Waals surface area contributed by atoms with Crippen LogP contribution in [0.25, 0.3) is 0 Å². The molecule has 6 nitrogen and oxygen atoms in total. The number of nitrogens with zero attached hydrogens (tertiary/aromatic N) is 1. The number of anilines is 1. The molecule has 31 heavy (non-hydrogen) atoms. The first-order valence-corrected chi connectivity index (χ1v) is 11.4. The van der Waals surface area contributed by atoms with E-state index < -0.39 is 45.3 Å². The maximum atomic E-state index is 13.2. The monoisotopic (exact) mass is 478 g/mol. The number of benzene rings is 2. The van der Waals surface area contributed by atoms with Gasteiger partial charge in [-0.05, 0) is 42.3 Å². The highest BCUT2D eigenvalue weighted by atomic mass is 35.5. The summed E-state index contributed by atoms with van der Waals surface area (Å²) in [7, 11) is -2.54. The van der Waals surface area contributed by atoms with Crippen molar-refractivity contribution in [1.82, 2.24) is 5.32 Å². The molecule has 0 fully saturated rings. The summed E-state index contributed by atoms with van der Waals surface area (Å²) in [5.74, 6) is -0.0343. The molecule has 2 aromatic carbocycles. The molecule has 11 heteroatoms. The lowest BCUT2D eigenvalue weighted by Crippen LogP contribution is -2.41. The van der Waals surface area contributed by atoms with Crippen molar-refractivity contribution in [2.24, 2.45) is 0 Å². The van der Waals surface area contributed by atoms with E-state index >= 15 is 0 Å². The van der Waals surface area contributed by atoms with Gasteiger partial charge in [0.05, 0.1) is 35.7 Å². The molecular formula is C20H22ClF3N2O4S. The van der Waals surface area contributed by atoms with Gasteiger partial charge in [0.25, 0.3) is 0 Å². The second-order valence-corrected chi connectivity index (χ2v) is 9.05. The van der Waals surface area contributed by atoms with Crippen molar-refractivity contribution in [2.45, 2.75) is 25.6 Å². The minimum atomic E-state index is -4.78. The molecule has 0 radical (unpaired) electrons. The van der Waals surface area contributed by atoms with E-state index in [1.807, 2.05) is 6.92 Å². The largest absolute Gasteiger partial charge is 0.497 e. The van der Waals surface area contributed by atoms with Crippen LogP contribution in [0.15, 0.2) is 42.5 Å². The van der Waals surface area contributed by atoms with Crippen LogP contribution < -0.4 is 14.4 Å². The van der Waals surface area contributed by atoms with Crippen LogP contribution in [0, 0.1) is 0 Å². The molecule has 0 heterocycles. The smallest absolute Gasteiger partial charge is 0.417 e. The standard InChI is InChI=1S/C20H22ClF3N2O4S/c1-4-18(13-5-8-15(30-2)9-6-13)25-19(27)12-26(31(3,28)29)14-7-10-17(21)16(11-14)20(22,23)24/h5-11,18H,4,12H2,1-3H3,(H,25,27). The second kappa shape index (κ2) is 9.78. The van der Waals surface area contributed by atoms with E-state index in [0.717, 1.165) is 24.0 Å². The summed E-state index contributed by atoms with van der Waals surface area (Å²) in [6, 6.07) is 9.22. The van der Waals surface area contributed by atoms with E-state index in [-0.39, 0.29) is 5.69 Å². The number of amides is 1. The molecule has 1 unspecified atom stereocenters. The molecule has 0 bridgehead atoms. The van der Waals surface area contributed by atoms with Gasteiger partial charge in [-0.25, -0.2) is 8.42 Å². The molecule has 1 N–H and O–H groups in total. The number of rotatable bonds is 8. The van der Waals surface area contributed by atoms with Crippen LogP contribution >= 0.6 is 11.6 Å². The lowest BCUT2D eigenvalue weighted by molar-refractivity contribution is -0.137. The highest BCUT2D eigenvalue weighted by molar-refractivity contribution is 7.92. The van der Waals surface area contributed by atoms with Crippen molar-refractivity contribution in [3.63, 3.8) is 0 Å². The number of nitrogens with one attached hydrogen (secondary N) is 1. The Bertz CT molecular complexity index is 1030. The van der Waals surface area contributed by atoms with Crippen molar-refractivity contribution in [3.05, 3.63) is 58.6 Å². The molecule has 0 aliphatic heterocycles. The Labute approximate surface area is 184 Å². The van der Waals surface area contributed by atoms with Gasteiger partial charge in [-0.3, -0.25) is 9.10 Å².